The first-order valence-corrected chi connectivity index (χ1v) is 12.0. The summed E-state index contributed by atoms with van der Waals surface area (Å²) in [7, 11) is 0. The maximum absolute atomic E-state index is 15.5. The number of nitrogens with zero attached hydrogens (tertiary/aromatic N) is 1. The topological polar surface area (TPSA) is 32.3 Å². The Hall–Kier alpha value is -2.20. The highest BCUT2D eigenvalue weighted by atomic mass is 32.2. The van der Waals surface area contributed by atoms with Crippen molar-refractivity contribution in [1.29, 1.82) is 0 Å². The SMILES string of the molecule is CCSN[C@@H]1[C@H](Cc2cccc(-c3cccc(F)c3F)c2F)N(C(=O)C2CC(F)C2)CC1(F)F. The van der Waals surface area contributed by atoms with Crippen molar-refractivity contribution in [2.24, 2.45) is 5.92 Å². The van der Waals surface area contributed by atoms with Gasteiger partial charge in [-0.2, -0.15) is 0 Å². The first kappa shape index (κ1) is 24.9. The Morgan fingerprint density at radius 1 is 1.09 bits per heavy atom. The molecule has 1 aliphatic carbocycles. The highest BCUT2D eigenvalue weighted by Gasteiger charge is 2.57. The third-order valence-corrected chi connectivity index (χ3v) is 7.15. The predicted molar refractivity (Wildman–Crippen MR) is 119 cm³/mol. The Bertz CT molecular complexity index is 1060. The van der Waals surface area contributed by atoms with Gasteiger partial charge in [0.1, 0.15) is 18.0 Å². The van der Waals surface area contributed by atoms with Gasteiger partial charge < -0.3 is 4.90 Å². The first-order chi connectivity index (χ1) is 16.1. The third kappa shape index (κ3) is 4.66. The fourth-order valence-corrected chi connectivity index (χ4v) is 5.25. The maximum Gasteiger partial charge on any atom is 0.283 e. The molecule has 1 saturated heterocycles. The molecule has 2 fully saturated rings. The van der Waals surface area contributed by atoms with Gasteiger partial charge in [-0.05, 0) is 30.9 Å². The summed E-state index contributed by atoms with van der Waals surface area (Å²) in [6.45, 7) is 0.918. The van der Waals surface area contributed by atoms with Crippen molar-refractivity contribution in [2.75, 3.05) is 12.3 Å². The van der Waals surface area contributed by atoms with E-state index in [0.717, 1.165) is 22.9 Å². The van der Waals surface area contributed by atoms with Crippen LogP contribution in [0.25, 0.3) is 11.1 Å². The van der Waals surface area contributed by atoms with E-state index < -0.39 is 60.0 Å². The van der Waals surface area contributed by atoms with Gasteiger partial charge in [-0.1, -0.05) is 49.2 Å². The predicted octanol–water partition coefficient (Wildman–Crippen LogP) is 5.53. The molecule has 34 heavy (non-hydrogen) atoms. The minimum Gasteiger partial charge on any atom is -0.331 e. The molecule has 1 N–H and O–H groups in total. The zero-order valence-corrected chi connectivity index (χ0v) is 19.2. The number of benzene rings is 2. The molecule has 1 saturated carbocycles. The van der Waals surface area contributed by atoms with E-state index in [0.29, 0.717) is 5.75 Å². The van der Waals surface area contributed by atoms with Gasteiger partial charge in [-0.25, -0.2) is 26.3 Å². The second-order valence-electron chi connectivity index (χ2n) is 8.67. The number of amides is 1. The quantitative estimate of drug-likeness (QED) is 0.399. The molecular formula is C24H24F6N2OS. The molecule has 0 spiro atoms. The summed E-state index contributed by atoms with van der Waals surface area (Å²) in [6, 6.07) is 4.90. The van der Waals surface area contributed by atoms with Crippen molar-refractivity contribution >= 4 is 17.9 Å². The molecule has 3 nitrogen and oxygen atoms in total. The summed E-state index contributed by atoms with van der Waals surface area (Å²) < 4.78 is 89.4. The van der Waals surface area contributed by atoms with E-state index in [1.165, 1.54) is 30.3 Å². The summed E-state index contributed by atoms with van der Waals surface area (Å²) in [5, 5.41) is 0. The van der Waals surface area contributed by atoms with Crippen LogP contribution in [0.3, 0.4) is 0 Å². The van der Waals surface area contributed by atoms with Crippen molar-refractivity contribution in [1.82, 2.24) is 9.62 Å². The minimum atomic E-state index is -3.29. The number of rotatable bonds is 7. The summed E-state index contributed by atoms with van der Waals surface area (Å²) in [5.74, 6) is -7.27. The number of likely N-dealkylation sites (tertiary alicyclic amines) is 1. The average molecular weight is 503 g/mol. The van der Waals surface area contributed by atoms with Crippen molar-refractivity contribution in [2.45, 2.75) is 50.4 Å². The molecule has 184 valence electrons. The van der Waals surface area contributed by atoms with Crippen LogP contribution >= 0.6 is 11.9 Å². The van der Waals surface area contributed by atoms with E-state index in [9.17, 15) is 26.7 Å². The van der Waals surface area contributed by atoms with E-state index in [-0.39, 0.29) is 36.0 Å². The van der Waals surface area contributed by atoms with E-state index in [1.54, 1.807) is 6.92 Å². The number of halogens is 6. The van der Waals surface area contributed by atoms with Gasteiger partial charge in [0, 0.05) is 22.8 Å². The Morgan fingerprint density at radius 3 is 2.38 bits per heavy atom. The van der Waals surface area contributed by atoms with Gasteiger partial charge in [0.25, 0.3) is 5.92 Å². The van der Waals surface area contributed by atoms with Crippen molar-refractivity contribution in [3.8, 4) is 11.1 Å². The smallest absolute Gasteiger partial charge is 0.283 e. The zero-order chi connectivity index (χ0) is 24.6. The van der Waals surface area contributed by atoms with Gasteiger partial charge in [0.15, 0.2) is 11.6 Å². The van der Waals surface area contributed by atoms with E-state index in [4.69, 9.17) is 0 Å². The molecule has 2 aliphatic rings. The standard InChI is InChI=1S/C24H24F6N2OS/c1-2-34-31-22-19(32(12-24(22,29)30)23(33)14-9-15(25)10-14)11-13-5-3-6-16(20(13)27)17-7-4-8-18(26)21(17)28/h3-8,14-15,19,22,31H,2,9-12H2,1H3/t14?,15?,19-,22+/m0/s1. The first-order valence-electron chi connectivity index (χ1n) is 11.1. The van der Waals surface area contributed by atoms with Crippen molar-refractivity contribution in [3.63, 3.8) is 0 Å². The van der Waals surface area contributed by atoms with Crippen LogP contribution in [0, 0.1) is 23.4 Å². The Morgan fingerprint density at radius 2 is 1.74 bits per heavy atom. The normalized spacial score (nSPS) is 25.9. The minimum absolute atomic E-state index is 0.00747. The monoisotopic (exact) mass is 502 g/mol. The van der Waals surface area contributed by atoms with E-state index >= 15 is 4.39 Å². The molecule has 0 aromatic heterocycles. The molecule has 0 radical (unpaired) electrons. The average Bonchev–Trinajstić information content (AvgIpc) is 3.02. The van der Waals surface area contributed by atoms with Crippen LogP contribution in [0.15, 0.2) is 36.4 Å². The molecule has 1 heterocycles. The Balaban J connectivity index is 1.68. The molecular weight excluding hydrogens is 478 g/mol. The number of nitrogens with one attached hydrogen (secondary N) is 1. The number of carbonyl (C=O) groups is 1. The van der Waals surface area contributed by atoms with Gasteiger partial charge >= 0.3 is 0 Å². The zero-order valence-electron chi connectivity index (χ0n) is 18.3. The van der Waals surface area contributed by atoms with Crippen LogP contribution in [-0.4, -0.2) is 47.3 Å². The lowest BCUT2D eigenvalue weighted by atomic mass is 9.82. The van der Waals surface area contributed by atoms with E-state index in [1.807, 2.05) is 0 Å². The Labute approximate surface area is 198 Å². The van der Waals surface area contributed by atoms with Crippen LogP contribution in [-0.2, 0) is 11.2 Å². The van der Waals surface area contributed by atoms with Crippen molar-refractivity contribution < 1.29 is 31.1 Å². The van der Waals surface area contributed by atoms with Crippen LogP contribution in [0.4, 0.5) is 26.3 Å². The second-order valence-corrected chi connectivity index (χ2v) is 9.77. The summed E-state index contributed by atoms with van der Waals surface area (Å²) >= 11 is 1.06. The number of carbonyl (C=O) groups excluding carboxylic acids is 1. The maximum atomic E-state index is 15.5. The lowest BCUT2D eigenvalue weighted by molar-refractivity contribution is -0.142. The van der Waals surface area contributed by atoms with E-state index in [2.05, 4.69) is 4.72 Å². The fourth-order valence-electron chi connectivity index (χ4n) is 4.58. The highest BCUT2D eigenvalue weighted by molar-refractivity contribution is 7.97. The van der Waals surface area contributed by atoms with Crippen LogP contribution < -0.4 is 4.72 Å². The number of hydrogen-bond donors (Lipinski definition) is 1. The Kier molecular flexibility index (Phi) is 7.19. The van der Waals surface area contributed by atoms with Crippen LogP contribution in [0.5, 0.6) is 0 Å². The molecule has 1 aliphatic heterocycles. The molecule has 2 aromatic rings. The van der Waals surface area contributed by atoms with Crippen LogP contribution in [0.1, 0.15) is 25.3 Å². The summed E-state index contributed by atoms with van der Waals surface area (Å²) in [5.41, 5.74) is -0.500. The molecule has 2 atom stereocenters. The van der Waals surface area contributed by atoms with Gasteiger partial charge in [-0.15, -0.1) is 0 Å². The number of hydrogen-bond acceptors (Lipinski definition) is 3. The molecule has 2 aromatic carbocycles. The van der Waals surface area contributed by atoms with Gasteiger partial charge in [0.2, 0.25) is 5.91 Å². The molecule has 1 amide bonds. The molecule has 10 heteroatoms. The van der Waals surface area contributed by atoms with Crippen LogP contribution in [0.2, 0.25) is 0 Å². The highest BCUT2D eigenvalue weighted by Crippen LogP contribution is 2.40. The summed E-state index contributed by atoms with van der Waals surface area (Å²) in [4.78, 5) is 14.0. The number of alkyl halides is 3. The largest absolute Gasteiger partial charge is 0.331 e. The summed E-state index contributed by atoms with van der Waals surface area (Å²) in [6.07, 6.45) is -1.43. The second kappa shape index (κ2) is 9.81. The third-order valence-electron chi connectivity index (χ3n) is 6.44. The lowest BCUT2D eigenvalue weighted by Gasteiger charge is -2.35. The van der Waals surface area contributed by atoms with Gasteiger partial charge in [-0.3, -0.25) is 9.52 Å². The van der Waals surface area contributed by atoms with Gasteiger partial charge in [0.05, 0.1) is 12.6 Å². The lowest BCUT2D eigenvalue weighted by Crippen LogP contribution is -2.50. The molecule has 0 bridgehead atoms. The molecule has 0 unspecified atom stereocenters. The molecule has 4 rings (SSSR count). The van der Waals surface area contributed by atoms with Crippen molar-refractivity contribution in [3.05, 3.63) is 59.4 Å². The fraction of sp³-hybridized carbons (Fsp3) is 0.458.